The summed E-state index contributed by atoms with van der Waals surface area (Å²) >= 11 is 0. The molecule has 0 unspecified atom stereocenters. The maximum absolute atomic E-state index is 12.3. The molecule has 1 N–H and O–H groups in total. The maximum Gasteiger partial charge on any atom is 0.309 e. The van der Waals surface area contributed by atoms with Gasteiger partial charge in [0.05, 0.1) is 18.9 Å². The SMILES string of the molecule is COC(=O)[C@H]1CCCC[C@@H]1C(=O)Nc1ccccc1. The number of benzene rings is 1. The Bertz CT molecular complexity index is 444. The molecule has 1 aromatic rings. The van der Waals surface area contributed by atoms with Gasteiger partial charge in [-0.15, -0.1) is 0 Å². The number of methoxy groups -OCH3 is 1. The van der Waals surface area contributed by atoms with Crippen LogP contribution >= 0.6 is 0 Å². The molecule has 0 aromatic heterocycles. The number of para-hydroxylation sites is 1. The van der Waals surface area contributed by atoms with Crippen LogP contribution in [-0.2, 0) is 14.3 Å². The highest BCUT2D eigenvalue weighted by molar-refractivity contribution is 5.95. The van der Waals surface area contributed by atoms with E-state index in [1.165, 1.54) is 7.11 Å². The summed E-state index contributed by atoms with van der Waals surface area (Å²) in [5, 5.41) is 2.87. The van der Waals surface area contributed by atoms with Crippen molar-refractivity contribution in [3.63, 3.8) is 0 Å². The third kappa shape index (κ3) is 3.34. The lowest BCUT2D eigenvalue weighted by molar-refractivity contribution is -0.151. The minimum atomic E-state index is -0.303. The second-order valence-electron chi connectivity index (χ2n) is 4.88. The van der Waals surface area contributed by atoms with Gasteiger partial charge in [0.15, 0.2) is 0 Å². The molecule has 1 fully saturated rings. The predicted octanol–water partition coefficient (Wildman–Crippen LogP) is 2.60. The van der Waals surface area contributed by atoms with E-state index in [4.69, 9.17) is 4.74 Å². The topological polar surface area (TPSA) is 55.4 Å². The lowest BCUT2D eigenvalue weighted by Crippen LogP contribution is -2.36. The Labute approximate surface area is 113 Å². The minimum absolute atomic E-state index is 0.0821. The minimum Gasteiger partial charge on any atom is -0.469 e. The summed E-state index contributed by atoms with van der Waals surface area (Å²) < 4.78 is 4.80. The van der Waals surface area contributed by atoms with E-state index in [1.807, 2.05) is 30.3 Å². The lowest BCUT2D eigenvalue weighted by atomic mass is 9.78. The fraction of sp³-hybridized carbons (Fsp3) is 0.467. The number of esters is 1. The van der Waals surface area contributed by atoms with Crippen molar-refractivity contribution in [3.05, 3.63) is 30.3 Å². The first-order chi connectivity index (χ1) is 9.22. The Kier molecular flexibility index (Phi) is 4.55. The number of nitrogens with one attached hydrogen (secondary N) is 1. The molecule has 0 spiro atoms. The number of rotatable bonds is 3. The molecule has 1 saturated carbocycles. The Hall–Kier alpha value is -1.84. The van der Waals surface area contributed by atoms with Gasteiger partial charge in [-0.05, 0) is 25.0 Å². The molecular weight excluding hydrogens is 242 g/mol. The Morgan fingerprint density at radius 3 is 2.37 bits per heavy atom. The second kappa shape index (κ2) is 6.36. The molecule has 4 nitrogen and oxygen atoms in total. The summed E-state index contributed by atoms with van der Waals surface area (Å²) in [6, 6.07) is 9.32. The van der Waals surface area contributed by atoms with Crippen LogP contribution in [0, 0.1) is 11.8 Å². The third-order valence-corrected chi connectivity index (χ3v) is 3.65. The molecule has 0 radical (unpaired) electrons. The molecule has 1 aliphatic carbocycles. The second-order valence-corrected chi connectivity index (χ2v) is 4.88. The first kappa shape index (κ1) is 13.6. The largest absolute Gasteiger partial charge is 0.469 e. The van der Waals surface area contributed by atoms with Gasteiger partial charge in [-0.2, -0.15) is 0 Å². The number of carbonyl (C=O) groups is 2. The van der Waals surface area contributed by atoms with Crippen molar-refractivity contribution < 1.29 is 14.3 Å². The Morgan fingerprint density at radius 1 is 1.11 bits per heavy atom. The van der Waals surface area contributed by atoms with Crippen LogP contribution < -0.4 is 5.32 Å². The molecule has 0 bridgehead atoms. The van der Waals surface area contributed by atoms with Crippen molar-refractivity contribution in [2.45, 2.75) is 25.7 Å². The van der Waals surface area contributed by atoms with Gasteiger partial charge in [-0.1, -0.05) is 31.0 Å². The maximum atomic E-state index is 12.3. The summed E-state index contributed by atoms with van der Waals surface area (Å²) in [4.78, 5) is 24.0. The van der Waals surface area contributed by atoms with E-state index in [2.05, 4.69) is 5.32 Å². The van der Waals surface area contributed by atoms with E-state index in [-0.39, 0.29) is 23.7 Å². The molecule has 1 aliphatic rings. The van der Waals surface area contributed by atoms with E-state index in [0.717, 1.165) is 31.4 Å². The Balaban J connectivity index is 2.05. The number of anilines is 1. The number of hydrogen-bond donors (Lipinski definition) is 1. The standard InChI is InChI=1S/C15H19NO3/c1-19-15(18)13-10-6-5-9-12(13)14(17)16-11-7-3-2-4-8-11/h2-4,7-8,12-13H,5-6,9-10H2,1H3,(H,16,17)/t12-,13-/m0/s1. The lowest BCUT2D eigenvalue weighted by Gasteiger charge is -2.28. The predicted molar refractivity (Wildman–Crippen MR) is 72.5 cm³/mol. The molecule has 0 heterocycles. The normalized spacial score (nSPS) is 22.6. The van der Waals surface area contributed by atoms with Crippen LogP contribution in [0.15, 0.2) is 30.3 Å². The summed E-state index contributed by atoms with van der Waals surface area (Å²) in [7, 11) is 1.38. The fourth-order valence-corrected chi connectivity index (χ4v) is 2.63. The molecule has 0 saturated heterocycles. The zero-order valence-electron chi connectivity index (χ0n) is 11.1. The van der Waals surface area contributed by atoms with Gasteiger partial charge >= 0.3 is 5.97 Å². The van der Waals surface area contributed by atoms with Gasteiger partial charge in [0, 0.05) is 5.69 Å². The Morgan fingerprint density at radius 2 is 1.74 bits per heavy atom. The van der Waals surface area contributed by atoms with Crippen LogP contribution in [0.2, 0.25) is 0 Å². The fourth-order valence-electron chi connectivity index (χ4n) is 2.63. The average molecular weight is 261 g/mol. The van der Waals surface area contributed by atoms with Gasteiger partial charge in [-0.3, -0.25) is 9.59 Å². The summed E-state index contributed by atoms with van der Waals surface area (Å²) in [6.45, 7) is 0. The first-order valence-electron chi connectivity index (χ1n) is 6.66. The molecule has 2 atom stereocenters. The average Bonchev–Trinajstić information content (AvgIpc) is 2.47. The number of amides is 1. The highest BCUT2D eigenvalue weighted by Crippen LogP contribution is 2.31. The molecule has 2 rings (SSSR count). The smallest absolute Gasteiger partial charge is 0.309 e. The molecule has 4 heteroatoms. The van der Waals surface area contributed by atoms with Crippen LogP contribution in [0.4, 0.5) is 5.69 Å². The van der Waals surface area contributed by atoms with Crippen molar-refractivity contribution in [2.75, 3.05) is 12.4 Å². The quantitative estimate of drug-likeness (QED) is 0.851. The number of carbonyl (C=O) groups excluding carboxylic acids is 2. The van der Waals surface area contributed by atoms with E-state index in [9.17, 15) is 9.59 Å². The highest BCUT2D eigenvalue weighted by atomic mass is 16.5. The van der Waals surface area contributed by atoms with Crippen LogP contribution in [0.25, 0.3) is 0 Å². The zero-order valence-corrected chi connectivity index (χ0v) is 11.1. The third-order valence-electron chi connectivity index (χ3n) is 3.65. The molecular formula is C15H19NO3. The molecule has 0 aliphatic heterocycles. The molecule has 19 heavy (non-hydrogen) atoms. The van der Waals surface area contributed by atoms with Crippen molar-refractivity contribution in [1.29, 1.82) is 0 Å². The van der Waals surface area contributed by atoms with Crippen LogP contribution in [0.3, 0.4) is 0 Å². The number of hydrogen-bond acceptors (Lipinski definition) is 3. The summed E-state index contributed by atoms with van der Waals surface area (Å²) in [5.41, 5.74) is 0.765. The van der Waals surface area contributed by atoms with Crippen molar-refractivity contribution >= 4 is 17.6 Å². The van der Waals surface area contributed by atoms with Crippen LogP contribution in [0.5, 0.6) is 0 Å². The van der Waals surface area contributed by atoms with Crippen molar-refractivity contribution in [1.82, 2.24) is 0 Å². The van der Waals surface area contributed by atoms with E-state index in [1.54, 1.807) is 0 Å². The monoisotopic (exact) mass is 261 g/mol. The summed E-state index contributed by atoms with van der Waals surface area (Å²) in [6.07, 6.45) is 3.45. The molecule has 1 aromatic carbocycles. The van der Waals surface area contributed by atoms with E-state index in [0.29, 0.717) is 0 Å². The molecule has 102 valence electrons. The van der Waals surface area contributed by atoms with Gasteiger partial charge in [-0.25, -0.2) is 0 Å². The van der Waals surface area contributed by atoms with E-state index >= 15 is 0 Å². The number of ether oxygens (including phenoxy) is 1. The van der Waals surface area contributed by atoms with Crippen LogP contribution in [0.1, 0.15) is 25.7 Å². The highest BCUT2D eigenvalue weighted by Gasteiger charge is 2.36. The van der Waals surface area contributed by atoms with E-state index < -0.39 is 0 Å². The van der Waals surface area contributed by atoms with Gasteiger partial charge in [0.2, 0.25) is 5.91 Å². The van der Waals surface area contributed by atoms with Gasteiger partial charge in [0.1, 0.15) is 0 Å². The zero-order chi connectivity index (χ0) is 13.7. The summed E-state index contributed by atoms with van der Waals surface area (Å²) in [5.74, 6) is -0.932. The van der Waals surface area contributed by atoms with Crippen molar-refractivity contribution in [2.24, 2.45) is 11.8 Å². The van der Waals surface area contributed by atoms with Gasteiger partial charge < -0.3 is 10.1 Å². The van der Waals surface area contributed by atoms with Gasteiger partial charge in [0.25, 0.3) is 0 Å². The molecule has 1 amide bonds. The van der Waals surface area contributed by atoms with Crippen LogP contribution in [-0.4, -0.2) is 19.0 Å². The first-order valence-corrected chi connectivity index (χ1v) is 6.66. The van der Waals surface area contributed by atoms with Crippen molar-refractivity contribution in [3.8, 4) is 0 Å².